The van der Waals surface area contributed by atoms with E-state index >= 15 is 0 Å². The van der Waals surface area contributed by atoms with Crippen LogP contribution in [0.4, 0.5) is 11.6 Å². The number of nitrogens with zero attached hydrogens (tertiary/aromatic N) is 2. The first kappa shape index (κ1) is 12.6. The van der Waals surface area contributed by atoms with Gasteiger partial charge in [0.25, 0.3) is 0 Å². The van der Waals surface area contributed by atoms with Gasteiger partial charge in [0.2, 0.25) is 0 Å². The van der Waals surface area contributed by atoms with E-state index in [1.807, 2.05) is 7.05 Å². The average Bonchev–Trinajstić information content (AvgIpc) is 3.09. The van der Waals surface area contributed by atoms with Crippen molar-refractivity contribution in [1.29, 1.82) is 0 Å². The molecule has 0 atom stereocenters. The van der Waals surface area contributed by atoms with E-state index in [1.165, 1.54) is 12.8 Å². The van der Waals surface area contributed by atoms with Crippen LogP contribution in [-0.2, 0) is 0 Å². The van der Waals surface area contributed by atoms with Crippen LogP contribution in [0.2, 0.25) is 0 Å². The van der Waals surface area contributed by atoms with Gasteiger partial charge in [-0.05, 0) is 40.1 Å². The lowest BCUT2D eigenvalue weighted by Crippen LogP contribution is -2.21. The number of nitrogens with one attached hydrogen (secondary N) is 2. The van der Waals surface area contributed by atoms with Gasteiger partial charge < -0.3 is 10.6 Å². The first-order chi connectivity index (χ1) is 8.09. The molecule has 0 unspecified atom stereocenters. The highest BCUT2D eigenvalue weighted by atomic mass is 79.9. The third kappa shape index (κ3) is 2.54. The van der Waals surface area contributed by atoms with Gasteiger partial charge in [0, 0.05) is 13.6 Å². The minimum atomic E-state index is 0.476. The maximum Gasteiger partial charge on any atom is 0.145 e. The Morgan fingerprint density at radius 2 is 2.00 bits per heavy atom. The van der Waals surface area contributed by atoms with Crippen LogP contribution in [0, 0.1) is 11.3 Å². The molecule has 0 aromatic carbocycles. The lowest BCUT2D eigenvalue weighted by Gasteiger charge is -2.21. The molecule has 1 aromatic heterocycles. The Balaban J connectivity index is 2.05. The van der Waals surface area contributed by atoms with Crippen molar-refractivity contribution < 1.29 is 0 Å². The maximum atomic E-state index is 4.27. The first-order valence-electron chi connectivity index (χ1n) is 6.01. The standard InChI is InChI=1S/C12H19BrN4/c1-8(2)12(4-5-12)6-15-11-9(13)10(14-3)16-7-17-11/h7-8H,4-6H2,1-3H3,(H2,14,15,16,17). The molecule has 2 rings (SSSR count). The molecule has 0 radical (unpaired) electrons. The smallest absolute Gasteiger partial charge is 0.145 e. The van der Waals surface area contributed by atoms with Crippen molar-refractivity contribution in [3.63, 3.8) is 0 Å². The molecule has 17 heavy (non-hydrogen) atoms. The van der Waals surface area contributed by atoms with Crippen molar-refractivity contribution in [2.75, 3.05) is 24.2 Å². The van der Waals surface area contributed by atoms with Crippen molar-refractivity contribution >= 4 is 27.6 Å². The molecule has 1 aliphatic carbocycles. The molecule has 5 heteroatoms. The number of rotatable bonds is 5. The Kier molecular flexibility index (Phi) is 3.56. The second kappa shape index (κ2) is 4.80. The third-order valence-corrected chi connectivity index (χ3v) is 4.50. The molecule has 1 heterocycles. The molecule has 0 bridgehead atoms. The van der Waals surface area contributed by atoms with E-state index in [2.05, 4.69) is 50.4 Å². The fourth-order valence-electron chi connectivity index (χ4n) is 2.05. The lowest BCUT2D eigenvalue weighted by molar-refractivity contribution is 0.380. The summed E-state index contributed by atoms with van der Waals surface area (Å²) in [5, 5.41) is 6.47. The van der Waals surface area contributed by atoms with E-state index in [-0.39, 0.29) is 0 Å². The number of halogens is 1. The van der Waals surface area contributed by atoms with Crippen LogP contribution < -0.4 is 10.6 Å². The molecule has 0 spiro atoms. The van der Waals surface area contributed by atoms with Gasteiger partial charge in [0.1, 0.15) is 22.4 Å². The molecule has 94 valence electrons. The summed E-state index contributed by atoms with van der Waals surface area (Å²) in [6, 6.07) is 0. The monoisotopic (exact) mass is 298 g/mol. The molecule has 0 saturated heterocycles. The molecule has 1 saturated carbocycles. The van der Waals surface area contributed by atoms with E-state index in [0.717, 1.165) is 28.6 Å². The molecular weight excluding hydrogens is 280 g/mol. The molecule has 0 amide bonds. The Labute approximate surface area is 111 Å². The summed E-state index contributed by atoms with van der Waals surface area (Å²) < 4.78 is 0.905. The molecule has 0 aliphatic heterocycles. The number of hydrogen-bond acceptors (Lipinski definition) is 4. The summed E-state index contributed by atoms with van der Waals surface area (Å²) in [6.45, 7) is 5.58. The number of aromatic nitrogens is 2. The van der Waals surface area contributed by atoms with Gasteiger partial charge in [0.05, 0.1) is 0 Å². The van der Waals surface area contributed by atoms with Gasteiger partial charge in [-0.2, -0.15) is 0 Å². The van der Waals surface area contributed by atoms with Gasteiger partial charge in [0.15, 0.2) is 0 Å². The summed E-state index contributed by atoms with van der Waals surface area (Å²) in [4.78, 5) is 8.41. The van der Waals surface area contributed by atoms with Crippen molar-refractivity contribution in [3.05, 3.63) is 10.8 Å². The second-order valence-corrected chi connectivity index (χ2v) is 5.80. The minimum absolute atomic E-state index is 0.476. The largest absolute Gasteiger partial charge is 0.372 e. The Bertz CT molecular complexity index is 401. The predicted octanol–water partition coefficient (Wildman–Crippen LogP) is 3.13. The van der Waals surface area contributed by atoms with E-state index in [0.29, 0.717) is 5.41 Å². The third-order valence-electron chi connectivity index (χ3n) is 3.75. The fraction of sp³-hybridized carbons (Fsp3) is 0.667. The zero-order chi connectivity index (χ0) is 12.5. The normalized spacial score (nSPS) is 17.0. The Hall–Kier alpha value is -0.840. The molecule has 1 fully saturated rings. The summed E-state index contributed by atoms with van der Waals surface area (Å²) in [5.41, 5.74) is 0.476. The summed E-state index contributed by atoms with van der Waals surface area (Å²) in [5.74, 6) is 2.41. The summed E-state index contributed by atoms with van der Waals surface area (Å²) >= 11 is 3.52. The van der Waals surface area contributed by atoms with E-state index in [1.54, 1.807) is 6.33 Å². The van der Waals surface area contributed by atoms with Gasteiger partial charge in [-0.25, -0.2) is 9.97 Å². The average molecular weight is 299 g/mol. The molecule has 4 nitrogen and oxygen atoms in total. The number of anilines is 2. The molecular formula is C12H19BrN4. The van der Waals surface area contributed by atoms with Crippen molar-refractivity contribution in [2.45, 2.75) is 26.7 Å². The zero-order valence-electron chi connectivity index (χ0n) is 10.5. The predicted molar refractivity (Wildman–Crippen MR) is 74.3 cm³/mol. The highest BCUT2D eigenvalue weighted by molar-refractivity contribution is 9.10. The molecule has 2 N–H and O–H groups in total. The van der Waals surface area contributed by atoms with Gasteiger partial charge >= 0.3 is 0 Å². The van der Waals surface area contributed by atoms with Gasteiger partial charge in [-0.15, -0.1) is 0 Å². The van der Waals surface area contributed by atoms with E-state index < -0.39 is 0 Å². The van der Waals surface area contributed by atoms with E-state index in [9.17, 15) is 0 Å². The highest BCUT2D eigenvalue weighted by Gasteiger charge is 2.45. The quantitative estimate of drug-likeness (QED) is 0.877. The number of hydrogen-bond donors (Lipinski definition) is 2. The fourth-order valence-corrected chi connectivity index (χ4v) is 2.59. The SMILES string of the molecule is CNc1ncnc(NCC2(C(C)C)CC2)c1Br. The van der Waals surface area contributed by atoms with Crippen molar-refractivity contribution in [1.82, 2.24) is 9.97 Å². The lowest BCUT2D eigenvalue weighted by atomic mass is 9.92. The van der Waals surface area contributed by atoms with Gasteiger partial charge in [-0.1, -0.05) is 13.8 Å². The maximum absolute atomic E-state index is 4.27. The van der Waals surface area contributed by atoms with Crippen LogP contribution in [0.1, 0.15) is 26.7 Å². The molecule has 1 aliphatic rings. The highest BCUT2D eigenvalue weighted by Crippen LogP contribution is 2.51. The van der Waals surface area contributed by atoms with Crippen LogP contribution in [0.25, 0.3) is 0 Å². The Morgan fingerprint density at radius 3 is 2.53 bits per heavy atom. The van der Waals surface area contributed by atoms with Crippen molar-refractivity contribution in [2.24, 2.45) is 11.3 Å². The van der Waals surface area contributed by atoms with Crippen LogP contribution in [-0.4, -0.2) is 23.6 Å². The zero-order valence-corrected chi connectivity index (χ0v) is 12.1. The summed E-state index contributed by atoms with van der Waals surface area (Å²) in [7, 11) is 1.85. The van der Waals surface area contributed by atoms with Crippen LogP contribution in [0.15, 0.2) is 10.8 Å². The Morgan fingerprint density at radius 1 is 1.35 bits per heavy atom. The summed E-state index contributed by atoms with van der Waals surface area (Å²) in [6.07, 6.45) is 4.21. The van der Waals surface area contributed by atoms with Crippen LogP contribution in [0.5, 0.6) is 0 Å². The van der Waals surface area contributed by atoms with Gasteiger partial charge in [-0.3, -0.25) is 0 Å². The van der Waals surface area contributed by atoms with Crippen molar-refractivity contribution in [3.8, 4) is 0 Å². The second-order valence-electron chi connectivity index (χ2n) is 5.01. The molecule has 1 aromatic rings. The first-order valence-corrected chi connectivity index (χ1v) is 6.80. The van der Waals surface area contributed by atoms with Crippen LogP contribution in [0.3, 0.4) is 0 Å². The van der Waals surface area contributed by atoms with Crippen LogP contribution >= 0.6 is 15.9 Å². The van der Waals surface area contributed by atoms with E-state index in [4.69, 9.17) is 0 Å². The topological polar surface area (TPSA) is 49.8 Å². The minimum Gasteiger partial charge on any atom is -0.372 e.